The number of Topliss-reactive ketones (excluding diaryl/α,β-unsaturated/α-hetero) is 1. The highest BCUT2D eigenvalue weighted by molar-refractivity contribution is 7.10. The number of nitriles is 1. The van der Waals surface area contributed by atoms with Gasteiger partial charge in [-0.3, -0.25) is 19.8 Å². The van der Waals surface area contributed by atoms with Crippen molar-refractivity contribution >= 4 is 28.5 Å². The Hall–Kier alpha value is -3.44. The molecule has 2 heterocycles. The number of carbonyl (C=O) groups is 1. The summed E-state index contributed by atoms with van der Waals surface area (Å²) in [4.78, 5) is 26.7. The molecule has 2 aliphatic rings. The van der Waals surface area contributed by atoms with Gasteiger partial charge in [0.1, 0.15) is 5.82 Å². The number of benzene rings is 1. The molecule has 0 saturated carbocycles. The number of hydrogen-bond donors (Lipinski definition) is 1. The molecule has 158 valence electrons. The van der Waals surface area contributed by atoms with E-state index in [-0.39, 0.29) is 22.7 Å². The smallest absolute Gasteiger partial charge is 0.269 e. The summed E-state index contributed by atoms with van der Waals surface area (Å²) in [5.74, 6) is -0.215. The van der Waals surface area contributed by atoms with Crippen LogP contribution in [0, 0.1) is 33.8 Å². The van der Waals surface area contributed by atoms with Crippen LogP contribution in [0.25, 0.3) is 0 Å². The van der Waals surface area contributed by atoms with Crippen LogP contribution in [0.1, 0.15) is 43.0 Å². The maximum atomic E-state index is 13.4. The van der Waals surface area contributed by atoms with Gasteiger partial charge in [0.15, 0.2) is 5.78 Å². The molecule has 1 aliphatic heterocycles. The molecule has 1 aliphatic carbocycles. The summed E-state index contributed by atoms with van der Waals surface area (Å²) in [5.41, 5.74) is 9.57. The van der Waals surface area contributed by atoms with Crippen LogP contribution in [0.4, 0.5) is 11.4 Å². The second-order valence-electron chi connectivity index (χ2n) is 8.72. The molecule has 0 fully saturated rings. The zero-order chi connectivity index (χ0) is 22.5. The minimum absolute atomic E-state index is 0.0104. The van der Waals surface area contributed by atoms with Gasteiger partial charge in [-0.25, -0.2) is 0 Å². The number of anilines is 1. The molecular weight excluding hydrogens is 412 g/mol. The molecule has 2 N–H and O–H groups in total. The van der Waals surface area contributed by atoms with E-state index in [0.29, 0.717) is 29.7 Å². The topological polar surface area (TPSA) is 113 Å². The monoisotopic (exact) mass is 434 g/mol. The van der Waals surface area contributed by atoms with Crippen LogP contribution >= 0.6 is 11.3 Å². The average Bonchev–Trinajstić information content (AvgIpc) is 3.12. The van der Waals surface area contributed by atoms with Crippen molar-refractivity contribution in [3.05, 3.63) is 78.9 Å². The summed E-state index contributed by atoms with van der Waals surface area (Å²) in [6.07, 6.45) is 0.991. The minimum Gasteiger partial charge on any atom is -0.384 e. The predicted octanol–water partition coefficient (Wildman–Crippen LogP) is 4.91. The summed E-state index contributed by atoms with van der Waals surface area (Å²) in [6.45, 7) is 6.04. The van der Waals surface area contributed by atoms with Crippen molar-refractivity contribution in [1.29, 1.82) is 5.26 Å². The van der Waals surface area contributed by atoms with Gasteiger partial charge in [0.2, 0.25) is 0 Å². The second-order valence-corrected chi connectivity index (χ2v) is 9.67. The van der Waals surface area contributed by atoms with Crippen molar-refractivity contribution < 1.29 is 9.72 Å². The minimum atomic E-state index is -0.488. The maximum Gasteiger partial charge on any atom is 0.269 e. The molecule has 0 bridgehead atoms. The lowest BCUT2D eigenvalue weighted by atomic mass is 9.69. The van der Waals surface area contributed by atoms with E-state index in [1.54, 1.807) is 17.0 Å². The van der Waals surface area contributed by atoms with Gasteiger partial charge in [-0.1, -0.05) is 13.8 Å². The lowest BCUT2D eigenvalue weighted by Gasteiger charge is -2.43. The van der Waals surface area contributed by atoms with Crippen LogP contribution in [-0.4, -0.2) is 10.7 Å². The molecule has 7 nitrogen and oxygen atoms in total. The highest BCUT2D eigenvalue weighted by Gasteiger charge is 2.45. The summed E-state index contributed by atoms with van der Waals surface area (Å²) in [6, 6.07) is 10.2. The number of carbonyl (C=O) groups excluding carboxylic acids is 1. The van der Waals surface area contributed by atoms with E-state index >= 15 is 0 Å². The van der Waals surface area contributed by atoms with E-state index in [1.807, 2.05) is 32.2 Å². The summed E-state index contributed by atoms with van der Waals surface area (Å²) in [5, 5.41) is 23.1. The van der Waals surface area contributed by atoms with Crippen LogP contribution < -0.4 is 10.6 Å². The largest absolute Gasteiger partial charge is 0.384 e. The molecule has 0 radical (unpaired) electrons. The number of nitro groups is 1. The molecule has 31 heavy (non-hydrogen) atoms. The standard InChI is InChI=1S/C23H22N4O3S/c1-13-8-9-31-21(13)19-16(12-24)22(25)26(14-4-6-15(7-5-14)27(29)30)17-10-23(2,3)11-18(28)20(17)19/h4-9,19H,10-11,25H2,1-3H3/t19-/m0/s1. The zero-order valence-electron chi connectivity index (χ0n) is 17.5. The first-order valence-corrected chi connectivity index (χ1v) is 10.8. The quantitative estimate of drug-likeness (QED) is 0.543. The van der Waals surface area contributed by atoms with Gasteiger partial charge < -0.3 is 5.73 Å². The van der Waals surface area contributed by atoms with Crippen molar-refractivity contribution in [1.82, 2.24) is 0 Å². The van der Waals surface area contributed by atoms with Crippen molar-refractivity contribution in [2.45, 2.75) is 39.5 Å². The van der Waals surface area contributed by atoms with E-state index in [4.69, 9.17) is 5.73 Å². The first kappa shape index (κ1) is 20.8. The van der Waals surface area contributed by atoms with Crippen molar-refractivity contribution in [2.75, 3.05) is 4.90 Å². The van der Waals surface area contributed by atoms with Crippen LogP contribution in [0.2, 0.25) is 0 Å². The Balaban J connectivity index is 1.97. The number of hydrogen-bond acceptors (Lipinski definition) is 7. The Bertz CT molecular complexity index is 1200. The maximum absolute atomic E-state index is 13.4. The number of rotatable bonds is 3. The van der Waals surface area contributed by atoms with Gasteiger partial charge in [-0.2, -0.15) is 5.26 Å². The molecule has 2 aromatic rings. The Labute approximate surface area is 184 Å². The van der Waals surface area contributed by atoms with Gasteiger partial charge in [-0.15, -0.1) is 11.3 Å². The zero-order valence-corrected chi connectivity index (χ0v) is 18.3. The van der Waals surface area contributed by atoms with Crippen molar-refractivity contribution in [3.8, 4) is 6.07 Å². The highest BCUT2D eigenvalue weighted by Crippen LogP contribution is 2.51. The van der Waals surface area contributed by atoms with E-state index in [0.717, 1.165) is 16.1 Å². The molecule has 4 rings (SSSR count). The number of nitro benzene ring substituents is 1. The number of nitrogens with two attached hydrogens (primary N) is 1. The average molecular weight is 435 g/mol. The fourth-order valence-electron chi connectivity index (χ4n) is 4.47. The summed E-state index contributed by atoms with van der Waals surface area (Å²) < 4.78 is 0. The molecule has 0 amide bonds. The lowest BCUT2D eigenvalue weighted by Crippen LogP contribution is -2.42. The normalized spacial score (nSPS) is 20.5. The first-order chi connectivity index (χ1) is 14.6. The molecule has 0 spiro atoms. The second kappa shape index (κ2) is 7.36. The van der Waals surface area contributed by atoms with Crippen LogP contribution in [-0.2, 0) is 4.79 Å². The molecule has 1 atom stereocenters. The molecular formula is C23H22N4O3S. The predicted molar refractivity (Wildman–Crippen MR) is 119 cm³/mol. The Kier molecular flexibility index (Phi) is 4.94. The number of thiophene rings is 1. The molecule has 1 aromatic heterocycles. The van der Waals surface area contributed by atoms with Crippen molar-refractivity contribution in [2.24, 2.45) is 11.1 Å². The van der Waals surface area contributed by atoms with Crippen molar-refractivity contribution in [3.63, 3.8) is 0 Å². The van der Waals surface area contributed by atoms with Crippen LogP contribution in [0.3, 0.4) is 0 Å². The first-order valence-electron chi connectivity index (χ1n) is 9.89. The van der Waals surface area contributed by atoms with Gasteiger partial charge in [-0.05, 0) is 47.9 Å². The van der Waals surface area contributed by atoms with Gasteiger partial charge in [0.25, 0.3) is 5.69 Å². The fraction of sp³-hybridized carbons (Fsp3) is 0.304. The number of ketones is 1. The summed E-state index contributed by atoms with van der Waals surface area (Å²) >= 11 is 1.52. The van der Waals surface area contributed by atoms with Gasteiger partial charge in [0, 0.05) is 40.4 Å². The Morgan fingerprint density at radius 1 is 1.26 bits per heavy atom. The summed E-state index contributed by atoms with van der Waals surface area (Å²) in [7, 11) is 0. The highest BCUT2D eigenvalue weighted by atomic mass is 32.1. The van der Waals surface area contributed by atoms with Crippen LogP contribution in [0.15, 0.2) is 58.4 Å². The third kappa shape index (κ3) is 3.41. The number of non-ortho nitro benzene ring substituents is 1. The number of allylic oxidation sites excluding steroid dienone is 3. The fourth-order valence-corrected chi connectivity index (χ4v) is 5.51. The molecule has 0 saturated heterocycles. The van der Waals surface area contributed by atoms with E-state index in [9.17, 15) is 20.2 Å². The van der Waals surface area contributed by atoms with E-state index in [1.165, 1.54) is 23.5 Å². The van der Waals surface area contributed by atoms with E-state index < -0.39 is 10.8 Å². The third-order valence-corrected chi connectivity index (χ3v) is 6.95. The van der Waals surface area contributed by atoms with Crippen LogP contribution in [0.5, 0.6) is 0 Å². The molecule has 1 aromatic carbocycles. The number of nitrogens with zero attached hydrogens (tertiary/aromatic N) is 3. The van der Waals surface area contributed by atoms with Gasteiger partial charge in [0.05, 0.1) is 22.5 Å². The Morgan fingerprint density at radius 2 is 1.94 bits per heavy atom. The number of aryl methyl sites for hydroxylation is 1. The molecule has 8 heteroatoms. The van der Waals surface area contributed by atoms with E-state index in [2.05, 4.69) is 6.07 Å². The SMILES string of the molecule is Cc1ccsc1[C@H]1C(C#N)=C(N)N(c2ccc([N+](=O)[O-])cc2)C2=C1C(=O)CC(C)(C)C2. The Morgan fingerprint density at radius 3 is 2.48 bits per heavy atom. The molecule has 0 unspecified atom stereocenters. The third-order valence-electron chi connectivity index (χ3n) is 5.86. The lowest BCUT2D eigenvalue weighted by molar-refractivity contribution is -0.384. The van der Waals surface area contributed by atoms with Gasteiger partial charge >= 0.3 is 0 Å².